The number of anilines is 1. The van der Waals surface area contributed by atoms with Crippen LogP contribution < -0.4 is 10.2 Å². The molecule has 0 aliphatic carbocycles. The van der Waals surface area contributed by atoms with Crippen LogP contribution in [0, 0.1) is 12.8 Å². The Morgan fingerprint density at radius 1 is 1.44 bits per heavy atom. The van der Waals surface area contributed by atoms with E-state index in [0.29, 0.717) is 18.8 Å². The second-order valence-electron chi connectivity index (χ2n) is 6.09. The maximum atomic E-state index is 12.4. The first-order chi connectivity index (χ1) is 12.1. The van der Waals surface area contributed by atoms with Crippen molar-refractivity contribution in [2.24, 2.45) is 5.92 Å². The number of amides is 2. The molecule has 6 nitrogen and oxygen atoms in total. The fraction of sp³-hybridized carbons (Fsp3) is 0.278. The fourth-order valence-corrected chi connectivity index (χ4v) is 3.87. The van der Waals surface area contributed by atoms with Gasteiger partial charge in [0.25, 0.3) is 0 Å². The molecule has 1 aliphatic rings. The van der Waals surface area contributed by atoms with Crippen molar-refractivity contribution in [2.75, 3.05) is 11.4 Å². The number of furan rings is 1. The number of aryl methyl sites for hydroxylation is 1. The van der Waals surface area contributed by atoms with Gasteiger partial charge in [-0.1, -0.05) is 0 Å². The second kappa shape index (κ2) is 6.33. The Hall–Kier alpha value is -2.67. The van der Waals surface area contributed by atoms with Gasteiger partial charge in [0.2, 0.25) is 11.8 Å². The number of carbonyl (C=O) groups excluding carboxylic acids is 2. The zero-order valence-electron chi connectivity index (χ0n) is 13.7. The van der Waals surface area contributed by atoms with Gasteiger partial charge in [-0.2, -0.15) is 0 Å². The highest BCUT2D eigenvalue weighted by atomic mass is 32.1. The predicted molar refractivity (Wildman–Crippen MR) is 95.4 cm³/mol. The van der Waals surface area contributed by atoms with Crippen LogP contribution in [0.25, 0.3) is 10.2 Å². The summed E-state index contributed by atoms with van der Waals surface area (Å²) in [5.74, 6) is 0.177. The third kappa shape index (κ3) is 3.15. The highest BCUT2D eigenvalue weighted by Gasteiger charge is 2.35. The monoisotopic (exact) mass is 355 g/mol. The largest absolute Gasteiger partial charge is 0.467 e. The van der Waals surface area contributed by atoms with Crippen LogP contribution >= 0.6 is 11.3 Å². The lowest BCUT2D eigenvalue weighted by Crippen LogP contribution is -2.32. The molecule has 1 fully saturated rings. The molecule has 1 N–H and O–H groups in total. The van der Waals surface area contributed by atoms with Crippen LogP contribution in [0.5, 0.6) is 0 Å². The third-order valence-electron chi connectivity index (χ3n) is 4.30. The van der Waals surface area contributed by atoms with E-state index >= 15 is 0 Å². The molecule has 1 unspecified atom stereocenters. The van der Waals surface area contributed by atoms with E-state index in [-0.39, 0.29) is 24.2 Å². The topological polar surface area (TPSA) is 75.4 Å². The van der Waals surface area contributed by atoms with E-state index in [1.165, 1.54) is 0 Å². The number of rotatable bonds is 4. The highest BCUT2D eigenvalue weighted by molar-refractivity contribution is 7.18. The molecule has 2 amide bonds. The lowest BCUT2D eigenvalue weighted by atomic mass is 10.1. The van der Waals surface area contributed by atoms with Gasteiger partial charge >= 0.3 is 0 Å². The molecule has 3 heterocycles. The summed E-state index contributed by atoms with van der Waals surface area (Å²) in [6.07, 6.45) is 1.79. The van der Waals surface area contributed by atoms with Gasteiger partial charge in [-0.25, -0.2) is 4.98 Å². The summed E-state index contributed by atoms with van der Waals surface area (Å²) < 4.78 is 6.30. The molecular weight excluding hydrogens is 338 g/mol. The van der Waals surface area contributed by atoms with Gasteiger partial charge in [-0.15, -0.1) is 11.3 Å². The van der Waals surface area contributed by atoms with Crippen molar-refractivity contribution in [2.45, 2.75) is 19.9 Å². The van der Waals surface area contributed by atoms with Gasteiger partial charge in [-0.3, -0.25) is 9.59 Å². The number of hydrogen-bond donors (Lipinski definition) is 1. The summed E-state index contributed by atoms with van der Waals surface area (Å²) in [6, 6.07) is 9.39. The van der Waals surface area contributed by atoms with E-state index in [2.05, 4.69) is 10.3 Å². The molecule has 25 heavy (non-hydrogen) atoms. The maximum Gasteiger partial charge on any atom is 0.227 e. The quantitative estimate of drug-likeness (QED) is 0.781. The number of carbonyl (C=O) groups is 2. The van der Waals surface area contributed by atoms with Crippen LogP contribution in [0.1, 0.15) is 17.2 Å². The molecule has 0 radical (unpaired) electrons. The van der Waals surface area contributed by atoms with Crippen molar-refractivity contribution in [3.05, 3.63) is 47.4 Å². The zero-order chi connectivity index (χ0) is 17.4. The van der Waals surface area contributed by atoms with Crippen LogP contribution in [-0.4, -0.2) is 23.3 Å². The summed E-state index contributed by atoms with van der Waals surface area (Å²) >= 11 is 1.63. The van der Waals surface area contributed by atoms with Crippen LogP contribution in [-0.2, 0) is 16.1 Å². The number of hydrogen-bond acceptors (Lipinski definition) is 5. The third-order valence-corrected chi connectivity index (χ3v) is 5.25. The van der Waals surface area contributed by atoms with E-state index in [1.807, 2.05) is 25.1 Å². The first-order valence-corrected chi connectivity index (χ1v) is 8.89. The maximum absolute atomic E-state index is 12.4. The van der Waals surface area contributed by atoms with Crippen molar-refractivity contribution in [1.82, 2.24) is 10.3 Å². The fourth-order valence-electron chi connectivity index (χ4n) is 3.06. The first-order valence-electron chi connectivity index (χ1n) is 8.08. The van der Waals surface area contributed by atoms with Crippen LogP contribution in [0.3, 0.4) is 0 Å². The molecule has 3 aromatic rings. The number of fused-ring (bicyclic) bond motifs is 1. The van der Waals surface area contributed by atoms with Crippen molar-refractivity contribution in [1.29, 1.82) is 0 Å². The van der Waals surface area contributed by atoms with Crippen LogP contribution in [0.4, 0.5) is 5.69 Å². The molecule has 1 saturated heterocycles. The summed E-state index contributed by atoms with van der Waals surface area (Å²) in [6.45, 7) is 2.68. The van der Waals surface area contributed by atoms with E-state index in [4.69, 9.17) is 4.42 Å². The minimum absolute atomic E-state index is 0.0375. The average molecular weight is 355 g/mol. The van der Waals surface area contributed by atoms with Gasteiger partial charge < -0.3 is 14.6 Å². The van der Waals surface area contributed by atoms with Crippen molar-refractivity contribution >= 4 is 39.1 Å². The molecular formula is C18H17N3O3S. The summed E-state index contributed by atoms with van der Waals surface area (Å²) in [5.41, 5.74) is 1.68. The zero-order valence-corrected chi connectivity index (χ0v) is 14.5. The number of nitrogens with one attached hydrogen (secondary N) is 1. The Labute approximate surface area is 148 Å². The summed E-state index contributed by atoms with van der Waals surface area (Å²) in [4.78, 5) is 30.9. The first kappa shape index (κ1) is 15.8. The van der Waals surface area contributed by atoms with Gasteiger partial charge in [0.1, 0.15) is 5.76 Å². The lowest BCUT2D eigenvalue weighted by molar-refractivity contribution is -0.126. The molecule has 4 rings (SSSR count). The molecule has 1 aromatic carbocycles. The molecule has 0 bridgehead atoms. The normalized spacial score (nSPS) is 17.4. The second-order valence-corrected chi connectivity index (χ2v) is 7.32. The van der Waals surface area contributed by atoms with E-state index in [1.54, 1.807) is 34.6 Å². The SMILES string of the molecule is Cc1nc2cc(N3CC(C(=O)NCc4ccco4)CC3=O)ccc2s1. The Balaban J connectivity index is 1.46. The molecule has 7 heteroatoms. The molecule has 0 spiro atoms. The molecule has 1 aliphatic heterocycles. The van der Waals surface area contributed by atoms with Crippen LogP contribution in [0.2, 0.25) is 0 Å². The summed E-state index contributed by atoms with van der Waals surface area (Å²) in [5, 5.41) is 3.83. The van der Waals surface area contributed by atoms with E-state index < -0.39 is 0 Å². The average Bonchev–Trinajstić information content (AvgIpc) is 3.30. The number of nitrogens with zero attached hydrogens (tertiary/aromatic N) is 2. The Morgan fingerprint density at radius 3 is 3.12 bits per heavy atom. The van der Waals surface area contributed by atoms with Gasteiger partial charge in [0, 0.05) is 18.7 Å². The van der Waals surface area contributed by atoms with Crippen molar-refractivity contribution in [3.8, 4) is 0 Å². The van der Waals surface area contributed by atoms with Crippen LogP contribution in [0.15, 0.2) is 41.0 Å². The summed E-state index contributed by atoms with van der Waals surface area (Å²) in [7, 11) is 0. The number of thiazole rings is 1. The molecule has 128 valence electrons. The van der Waals surface area contributed by atoms with Gasteiger partial charge in [-0.05, 0) is 37.3 Å². The van der Waals surface area contributed by atoms with E-state index in [0.717, 1.165) is 20.9 Å². The lowest BCUT2D eigenvalue weighted by Gasteiger charge is -2.16. The minimum atomic E-state index is -0.352. The molecule has 2 aromatic heterocycles. The molecule has 0 saturated carbocycles. The smallest absolute Gasteiger partial charge is 0.227 e. The Kier molecular flexibility index (Phi) is 4.01. The Morgan fingerprint density at radius 2 is 2.32 bits per heavy atom. The van der Waals surface area contributed by atoms with Gasteiger partial charge in [0.15, 0.2) is 0 Å². The molecule has 1 atom stereocenters. The minimum Gasteiger partial charge on any atom is -0.467 e. The highest BCUT2D eigenvalue weighted by Crippen LogP contribution is 2.30. The Bertz CT molecular complexity index is 932. The van der Waals surface area contributed by atoms with E-state index in [9.17, 15) is 9.59 Å². The number of aromatic nitrogens is 1. The standard InChI is InChI=1S/C18H17N3O3S/c1-11-20-15-8-13(4-5-16(15)25-11)21-10-12(7-17(21)22)18(23)19-9-14-3-2-6-24-14/h2-6,8,12H,7,9-10H2,1H3,(H,19,23). The number of benzene rings is 1. The van der Waals surface area contributed by atoms with Gasteiger partial charge in [0.05, 0.1) is 34.0 Å². The van der Waals surface area contributed by atoms with Crippen molar-refractivity contribution in [3.63, 3.8) is 0 Å². The predicted octanol–water partition coefficient (Wildman–Crippen LogP) is 2.87. The van der Waals surface area contributed by atoms with Crippen molar-refractivity contribution < 1.29 is 14.0 Å².